The number of carbonyl (C=O) groups is 1. The fourth-order valence-electron chi connectivity index (χ4n) is 1.86. The zero-order valence-electron chi connectivity index (χ0n) is 9.84. The number of carboxylic acid groups (broad SMARTS) is 1. The van der Waals surface area contributed by atoms with E-state index in [0.29, 0.717) is 5.56 Å². The number of nitrogens with zero attached hydrogens (tertiary/aromatic N) is 2. The maximum Gasteiger partial charge on any atom is 0.335 e. The Morgan fingerprint density at radius 3 is 2.82 bits per heavy atom. The fourth-order valence-corrected chi connectivity index (χ4v) is 1.86. The van der Waals surface area contributed by atoms with Gasteiger partial charge in [-0.1, -0.05) is 6.07 Å². The van der Waals surface area contributed by atoms with E-state index in [-0.39, 0.29) is 0 Å². The average molecular weight is 230 g/mol. The molecule has 0 atom stereocenters. The zero-order valence-corrected chi connectivity index (χ0v) is 9.84. The second kappa shape index (κ2) is 4.41. The van der Waals surface area contributed by atoms with Crippen LogP contribution in [0.5, 0.6) is 0 Å². The Hall–Kier alpha value is -2.10. The maximum absolute atomic E-state index is 10.9. The summed E-state index contributed by atoms with van der Waals surface area (Å²) in [6.07, 6.45) is 3.67. The van der Waals surface area contributed by atoms with Crippen LogP contribution in [0.25, 0.3) is 11.4 Å². The Morgan fingerprint density at radius 2 is 2.24 bits per heavy atom. The van der Waals surface area contributed by atoms with E-state index in [1.807, 2.05) is 30.7 Å². The van der Waals surface area contributed by atoms with E-state index >= 15 is 0 Å². The number of carboxylic acids is 1. The molecular weight excluding hydrogens is 216 g/mol. The Kier molecular flexibility index (Phi) is 2.95. The van der Waals surface area contributed by atoms with E-state index in [1.54, 1.807) is 18.3 Å². The minimum atomic E-state index is -0.904. The van der Waals surface area contributed by atoms with Crippen LogP contribution in [0.2, 0.25) is 0 Å². The third-order valence-electron chi connectivity index (χ3n) is 2.77. The number of aromatic carboxylic acids is 1. The predicted molar refractivity (Wildman–Crippen MR) is 65.0 cm³/mol. The van der Waals surface area contributed by atoms with Gasteiger partial charge in [0, 0.05) is 24.5 Å². The summed E-state index contributed by atoms with van der Waals surface area (Å²) in [6.45, 7) is 4.79. The first-order chi connectivity index (χ1) is 8.13. The molecule has 17 heavy (non-hydrogen) atoms. The van der Waals surface area contributed by atoms with Crippen molar-refractivity contribution in [1.29, 1.82) is 0 Å². The maximum atomic E-state index is 10.9. The molecule has 1 aromatic heterocycles. The van der Waals surface area contributed by atoms with Gasteiger partial charge < -0.3 is 9.67 Å². The zero-order chi connectivity index (χ0) is 12.4. The van der Waals surface area contributed by atoms with Crippen LogP contribution in [0.3, 0.4) is 0 Å². The molecule has 0 saturated heterocycles. The van der Waals surface area contributed by atoms with Gasteiger partial charge in [-0.25, -0.2) is 9.78 Å². The highest BCUT2D eigenvalue weighted by Crippen LogP contribution is 2.22. The summed E-state index contributed by atoms with van der Waals surface area (Å²) >= 11 is 0. The highest BCUT2D eigenvalue weighted by Gasteiger charge is 2.10. The van der Waals surface area contributed by atoms with Crippen LogP contribution in [-0.2, 0) is 6.54 Å². The monoisotopic (exact) mass is 230 g/mol. The molecule has 0 aliphatic rings. The smallest absolute Gasteiger partial charge is 0.335 e. The first kappa shape index (κ1) is 11.4. The number of imidazole rings is 1. The Bertz CT molecular complexity index is 558. The van der Waals surface area contributed by atoms with E-state index in [0.717, 1.165) is 23.5 Å². The number of aryl methyl sites for hydroxylation is 2. The third kappa shape index (κ3) is 2.06. The summed E-state index contributed by atoms with van der Waals surface area (Å²) in [5, 5.41) is 8.91. The van der Waals surface area contributed by atoms with Gasteiger partial charge in [0.2, 0.25) is 0 Å². The van der Waals surface area contributed by atoms with Gasteiger partial charge in [-0.2, -0.15) is 0 Å². The molecule has 88 valence electrons. The predicted octanol–water partition coefficient (Wildman–Crippen LogP) is 2.58. The number of aromatic nitrogens is 2. The number of hydrogen-bond acceptors (Lipinski definition) is 2. The number of benzene rings is 1. The van der Waals surface area contributed by atoms with Crippen molar-refractivity contribution in [3.05, 3.63) is 41.7 Å². The molecule has 0 bridgehead atoms. The molecule has 0 fully saturated rings. The van der Waals surface area contributed by atoms with Crippen LogP contribution in [0.1, 0.15) is 22.8 Å². The van der Waals surface area contributed by atoms with Gasteiger partial charge in [0.05, 0.1) is 5.56 Å². The van der Waals surface area contributed by atoms with E-state index in [1.165, 1.54) is 0 Å². The van der Waals surface area contributed by atoms with Gasteiger partial charge in [0.1, 0.15) is 5.82 Å². The molecular formula is C13H14N2O2. The quantitative estimate of drug-likeness (QED) is 0.881. The average Bonchev–Trinajstić information content (AvgIpc) is 2.76. The van der Waals surface area contributed by atoms with Crippen molar-refractivity contribution < 1.29 is 9.90 Å². The summed E-state index contributed by atoms with van der Waals surface area (Å²) in [6, 6.07) is 5.10. The highest BCUT2D eigenvalue weighted by atomic mass is 16.4. The van der Waals surface area contributed by atoms with Crippen molar-refractivity contribution in [3.63, 3.8) is 0 Å². The third-order valence-corrected chi connectivity index (χ3v) is 2.77. The normalized spacial score (nSPS) is 10.5. The van der Waals surface area contributed by atoms with Gasteiger partial charge in [-0.15, -0.1) is 0 Å². The molecule has 4 nitrogen and oxygen atoms in total. The topological polar surface area (TPSA) is 55.1 Å². The SMILES string of the molecule is CCn1ccnc1-c1ccc(C(=O)O)cc1C. The molecule has 0 aliphatic carbocycles. The van der Waals surface area contributed by atoms with Crippen LogP contribution in [-0.4, -0.2) is 20.6 Å². The molecule has 0 aliphatic heterocycles. The second-order valence-corrected chi connectivity index (χ2v) is 3.87. The molecule has 2 rings (SSSR count). The Balaban J connectivity index is 2.50. The second-order valence-electron chi connectivity index (χ2n) is 3.87. The molecule has 1 N–H and O–H groups in total. The lowest BCUT2D eigenvalue weighted by Gasteiger charge is -2.08. The number of hydrogen-bond donors (Lipinski definition) is 1. The summed E-state index contributed by atoms with van der Waals surface area (Å²) < 4.78 is 2.03. The molecule has 0 saturated carbocycles. The molecule has 1 aromatic carbocycles. The lowest BCUT2D eigenvalue weighted by atomic mass is 10.0. The van der Waals surface area contributed by atoms with Gasteiger partial charge in [0.15, 0.2) is 0 Å². The lowest BCUT2D eigenvalue weighted by molar-refractivity contribution is 0.0697. The minimum absolute atomic E-state index is 0.306. The van der Waals surface area contributed by atoms with Gasteiger partial charge in [-0.3, -0.25) is 0 Å². The number of rotatable bonds is 3. The fraction of sp³-hybridized carbons (Fsp3) is 0.231. The Morgan fingerprint density at radius 1 is 1.47 bits per heavy atom. The van der Waals surface area contributed by atoms with Gasteiger partial charge in [0.25, 0.3) is 0 Å². The van der Waals surface area contributed by atoms with Crippen molar-refractivity contribution in [2.24, 2.45) is 0 Å². The molecule has 0 amide bonds. The van der Waals surface area contributed by atoms with Crippen molar-refractivity contribution in [2.75, 3.05) is 0 Å². The van der Waals surface area contributed by atoms with Crippen LogP contribution in [0.4, 0.5) is 0 Å². The molecule has 0 radical (unpaired) electrons. The lowest BCUT2D eigenvalue weighted by Crippen LogP contribution is -2.00. The van der Waals surface area contributed by atoms with Crippen molar-refractivity contribution in [2.45, 2.75) is 20.4 Å². The van der Waals surface area contributed by atoms with Crippen LogP contribution >= 0.6 is 0 Å². The van der Waals surface area contributed by atoms with Crippen molar-refractivity contribution >= 4 is 5.97 Å². The first-order valence-corrected chi connectivity index (χ1v) is 5.49. The van der Waals surface area contributed by atoms with Crippen LogP contribution < -0.4 is 0 Å². The summed E-state index contributed by atoms with van der Waals surface area (Å²) in [5.41, 5.74) is 2.20. The summed E-state index contributed by atoms with van der Waals surface area (Å²) in [4.78, 5) is 15.2. The van der Waals surface area contributed by atoms with Crippen molar-refractivity contribution in [3.8, 4) is 11.4 Å². The van der Waals surface area contributed by atoms with E-state index in [2.05, 4.69) is 4.98 Å². The van der Waals surface area contributed by atoms with Crippen LogP contribution in [0, 0.1) is 6.92 Å². The first-order valence-electron chi connectivity index (χ1n) is 5.49. The standard InChI is InChI=1S/C13H14N2O2/c1-3-15-7-6-14-12(15)11-5-4-10(13(16)17)8-9(11)2/h4-8H,3H2,1-2H3,(H,16,17). The van der Waals surface area contributed by atoms with Gasteiger partial charge in [-0.05, 0) is 31.5 Å². The summed E-state index contributed by atoms with van der Waals surface area (Å²) in [7, 11) is 0. The molecule has 0 unspecified atom stereocenters. The highest BCUT2D eigenvalue weighted by molar-refractivity contribution is 5.88. The Labute approximate surface area is 99.5 Å². The molecule has 4 heteroatoms. The molecule has 1 heterocycles. The molecule has 0 spiro atoms. The minimum Gasteiger partial charge on any atom is -0.478 e. The van der Waals surface area contributed by atoms with E-state index < -0.39 is 5.97 Å². The van der Waals surface area contributed by atoms with Crippen molar-refractivity contribution in [1.82, 2.24) is 9.55 Å². The van der Waals surface area contributed by atoms with E-state index in [4.69, 9.17) is 5.11 Å². The summed E-state index contributed by atoms with van der Waals surface area (Å²) in [5.74, 6) is -0.0274. The van der Waals surface area contributed by atoms with E-state index in [9.17, 15) is 4.79 Å². The largest absolute Gasteiger partial charge is 0.478 e. The van der Waals surface area contributed by atoms with Gasteiger partial charge >= 0.3 is 5.97 Å². The molecule has 2 aromatic rings. The van der Waals surface area contributed by atoms with Crippen LogP contribution in [0.15, 0.2) is 30.6 Å².